The van der Waals surface area contributed by atoms with Crippen LogP contribution in [0.5, 0.6) is 11.5 Å². The van der Waals surface area contributed by atoms with E-state index in [2.05, 4.69) is 14.9 Å². The molecular weight excluding hydrogens is 375 g/mol. The lowest BCUT2D eigenvalue weighted by Gasteiger charge is -2.36. The maximum Gasteiger partial charge on any atom is 0.253 e. The number of ether oxygens (including phenoxy) is 2. The highest BCUT2D eigenvalue weighted by molar-refractivity contribution is 5.95. The smallest absolute Gasteiger partial charge is 0.253 e. The van der Waals surface area contributed by atoms with Gasteiger partial charge in [0.25, 0.3) is 5.91 Å². The average Bonchev–Trinajstić information content (AvgIpc) is 2.77. The minimum atomic E-state index is -0.349. The van der Waals surface area contributed by atoms with Gasteiger partial charge in [0.05, 0.1) is 5.52 Å². The molecule has 3 heterocycles. The van der Waals surface area contributed by atoms with Crippen LogP contribution in [0.3, 0.4) is 0 Å². The first-order valence-electron chi connectivity index (χ1n) is 9.53. The molecule has 0 N–H and O–H groups in total. The van der Waals surface area contributed by atoms with Gasteiger partial charge in [-0.15, -0.1) is 0 Å². The quantitative estimate of drug-likeness (QED) is 0.665. The number of nitrogens with zero attached hydrogens (tertiary/aromatic N) is 4. The van der Waals surface area contributed by atoms with Crippen molar-refractivity contribution in [3.05, 3.63) is 54.1 Å². The topological polar surface area (TPSA) is 67.8 Å². The van der Waals surface area contributed by atoms with Gasteiger partial charge in [-0.3, -0.25) is 4.79 Å². The Kier molecular flexibility index (Phi) is 4.38. The lowest BCUT2D eigenvalue weighted by Crippen LogP contribution is -2.49. The number of carbonyl (C=O) groups excluding carboxylic acids is 1. The van der Waals surface area contributed by atoms with Crippen LogP contribution < -0.4 is 14.4 Å². The Morgan fingerprint density at radius 1 is 0.931 bits per heavy atom. The molecule has 29 heavy (non-hydrogen) atoms. The van der Waals surface area contributed by atoms with Crippen molar-refractivity contribution in [1.82, 2.24) is 14.9 Å². The summed E-state index contributed by atoms with van der Waals surface area (Å²) in [6, 6.07) is 9.46. The number of hydrogen-bond acceptors (Lipinski definition) is 6. The van der Waals surface area contributed by atoms with Gasteiger partial charge in [-0.1, -0.05) is 0 Å². The van der Waals surface area contributed by atoms with Crippen molar-refractivity contribution < 1.29 is 18.7 Å². The number of amides is 1. The van der Waals surface area contributed by atoms with Crippen molar-refractivity contribution in [1.29, 1.82) is 0 Å². The van der Waals surface area contributed by atoms with Gasteiger partial charge in [-0.25, -0.2) is 14.4 Å². The third-order valence-corrected chi connectivity index (χ3v) is 5.24. The second-order valence-electron chi connectivity index (χ2n) is 7.00. The van der Waals surface area contributed by atoms with Gasteiger partial charge in [0.2, 0.25) is 0 Å². The number of halogens is 1. The predicted octanol–water partition coefficient (Wildman–Crippen LogP) is 2.50. The van der Waals surface area contributed by atoms with Crippen LogP contribution in [-0.4, -0.2) is 60.2 Å². The summed E-state index contributed by atoms with van der Waals surface area (Å²) < 4.78 is 24.4. The first-order valence-corrected chi connectivity index (χ1v) is 9.53. The molecule has 5 rings (SSSR count). The Bertz CT molecular complexity index is 1070. The maximum absolute atomic E-state index is 13.1. The predicted molar refractivity (Wildman–Crippen MR) is 105 cm³/mol. The molecule has 1 aromatic heterocycles. The molecule has 8 heteroatoms. The van der Waals surface area contributed by atoms with Crippen molar-refractivity contribution in [3.8, 4) is 11.5 Å². The molecule has 2 aromatic carbocycles. The van der Waals surface area contributed by atoms with E-state index in [1.165, 1.54) is 24.3 Å². The van der Waals surface area contributed by atoms with Crippen molar-refractivity contribution in [3.63, 3.8) is 0 Å². The first-order chi connectivity index (χ1) is 14.2. The first kappa shape index (κ1) is 17.7. The highest BCUT2D eigenvalue weighted by Gasteiger charge is 2.25. The second kappa shape index (κ2) is 7.20. The van der Waals surface area contributed by atoms with Gasteiger partial charge >= 0.3 is 0 Å². The van der Waals surface area contributed by atoms with Crippen LogP contribution in [-0.2, 0) is 0 Å². The molecule has 0 atom stereocenters. The zero-order valence-electron chi connectivity index (χ0n) is 15.7. The summed E-state index contributed by atoms with van der Waals surface area (Å²) in [6.07, 6.45) is 1.55. The third kappa shape index (κ3) is 3.30. The third-order valence-electron chi connectivity index (χ3n) is 5.24. The van der Waals surface area contributed by atoms with Gasteiger partial charge < -0.3 is 19.3 Å². The number of aromatic nitrogens is 2. The zero-order valence-corrected chi connectivity index (χ0v) is 15.7. The molecule has 0 aliphatic carbocycles. The average molecular weight is 394 g/mol. The normalized spacial score (nSPS) is 16.2. The van der Waals surface area contributed by atoms with E-state index in [1.54, 1.807) is 11.2 Å². The van der Waals surface area contributed by atoms with Crippen LogP contribution in [0.2, 0.25) is 0 Å². The molecule has 1 saturated heterocycles. The van der Waals surface area contributed by atoms with E-state index >= 15 is 0 Å². The molecule has 3 aromatic rings. The lowest BCUT2D eigenvalue weighted by atomic mass is 10.1. The fourth-order valence-electron chi connectivity index (χ4n) is 3.73. The lowest BCUT2D eigenvalue weighted by molar-refractivity contribution is 0.0746. The van der Waals surface area contributed by atoms with Crippen LogP contribution in [0.4, 0.5) is 10.2 Å². The van der Waals surface area contributed by atoms with Crippen LogP contribution in [0.1, 0.15) is 10.4 Å². The van der Waals surface area contributed by atoms with Gasteiger partial charge in [0, 0.05) is 43.2 Å². The van der Waals surface area contributed by atoms with Gasteiger partial charge in [0.1, 0.15) is 31.2 Å². The summed E-state index contributed by atoms with van der Waals surface area (Å²) in [7, 11) is 0. The van der Waals surface area contributed by atoms with Crippen LogP contribution in [0, 0.1) is 5.82 Å². The fraction of sp³-hybridized carbons (Fsp3) is 0.286. The molecule has 148 valence electrons. The highest BCUT2D eigenvalue weighted by atomic mass is 19.1. The van der Waals surface area contributed by atoms with Crippen molar-refractivity contribution in [2.75, 3.05) is 44.3 Å². The largest absolute Gasteiger partial charge is 0.486 e. The fourth-order valence-corrected chi connectivity index (χ4v) is 3.73. The van der Waals surface area contributed by atoms with E-state index in [0.29, 0.717) is 56.5 Å². The second-order valence-corrected chi connectivity index (χ2v) is 7.00. The molecule has 0 saturated carbocycles. The molecule has 0 spiro atoms. The van der Waals surface area contributed by atoms with Crippen molar-refractivity contribution in [2.24, 2.45) is 0 Å². The van der Waals surface area contributed by atoms with Gasteiger partial charge in [-0.2, -0.15) is 0 Å². The van der Waals surface area contributed by atoms with E-state index in [0.717, 1.165) is 16.7 Å². The number of anilines is 1. The monoisotopic (exact) mass is 394 g/mol. The summed E-state index contributed by atoms with van der Waals surface area (Å²) in [6.45, 7) is 3.46. The van der Waals surface area contributed by atoms with Gasteiger partial charge in [0.15, 0.2) is 11.5 Å². The molecule has 1 fully saturated rings. The number of rotatable bonds is 2. The van der Waals surface area contributed by atoms with Crippen molar-refractivity contribution >= 4 is 22.6 Å². The summed E-state index contributed by atoms with van der Waals surface area (Å²) in [5.41, 5.74) is 1.29. The number of piperazine rings is 1. The van der Waals surface area contributed by atoms with E-state index in [4.69, 9.17) is 9.47 Å². The Morgan fingerprint density at radius 3 is 2.34 bits per heavy atom. The SMILES string of the molecule is O=C(c1ccc(F)cc1)N1CCN(c2ncnc3cc4c(cc23)OCCO4)CC1. The van der Waals surface area contributed by atoms with Crippen LogP contribution in [0.25, 0.3) is 10.9 Å². The number of carbonyl (C=O) groups is 1. The molecular formula is C21H19FN4O3. The molecule has 2 aliphatic rings. The highest BCUT2D eigenvalue weighted by Crippen LogP contribution is 2.36. The summed E-state index contributed by atoms with van der Waals surface area (Å²) in [4.78, 5) is 25.4. The minimum absolute atomic E-state index is 0.0863. The van der Waals surface area contributed by atoms with Crippen LogP contribution in [0.15, 0.2) is 42.7 Å². The Balaban J connectivity index is 1.36. The van der Waals surface area contributed by atoms with Crippen molar-refractivity contribution in [2.45, 2.75) is 0 Å². The molecule has 0 unspecified atom stereocenters. The van der Waals surface area contributed by atoms with E-state index < -0.39 is 0 Å². The molecule has 2 aliphatic heterocycles. The van der Waals surface area contributed by atoms with E-state index in [-0.39, 0.29) is 11.7 Å². The van der Waals surface area contributed by atoms with E-state index in [9.17, 15) is 9.18 Å². The Labute approximate surface area is 166 Å². The Morgan fingerprint density at radius 2 is 1.62 bits per heavy atom. The number of hydrogen-bond donors (Lipinski definition) is 0. The maximum atomic E-state index is 13.1. The number of benzene rings is 2. The van der Waals surface area contributed by atoms with Crippen LogP contribution >= 0.6 is 0 Å². The summed E-state index contributed by atoms with van der Waals surface area (Å²) >= 11 is 0. The minimum Gasteiger partial charge on any atom is -0.486 e. The van der Waals surface area contributed by atoms with E-state index in [1.807, 2.05) is 12.1 Å². The molecule has 0 bridgehead atoms. The standard InChI is InChI=1S/C21H19FN4O3/c22-15-3-1-14(2-4-15)21(27)26-7-5-25(6-8-26)20-16-11-18-19(29-10-9-28-18)12-17(16)23-13-24-20/h1-4,11-13H,5-10H2. The summed E-state index contributed by atoms with van der Waals surface area (Å²) in [5, 5.41) is 0.898. The summed E-state index contributed by atoms with van der Waals surface area (Å²) in [5.74, 6) is 1.78. The zero-order chi connectivity index (χ0) is 19.8. The Hall–Kier alpha value is -3.42. The van der Waals surface area contributed by atoms with Gasteiger partial charge in [-0.05, 0) is 30.3 Å². The number of fused-ring (bicyclic) bond motifs is 2. The molecule has 7 nitrogen and oxygen atoms in total. The molecule has 0 radical (unpaired) electrons. The molecule has 1 amide bonds.